The van der Waals surface area contributed by atoms with Crippen molar-refractivity contribution in [2.45, 2.75) is 26.8 Å². The molecule has 2 heterocycles. The summed E-state index contributed by atoms with van der Waals surface area (Å²) in [7, 11) is 0. The molecule has 21 heavy (non-hydrogen) atoms. The first-order chi connectivity index (χ1) is 10.1. The molecule has 1 aromatic heterocycles. The van der Waals surface area contributed by atoms with Crippen LogP contribution in [0.2, 0.25) is 0 Å². The number of benzene rings is 1. The fourth-order valence-electron chi connectivity index (χ4n) is 2.87. The molecule has 3 rings (SSSR count). The minimum atomic E-state index is 0.0726. The molecule has 4 heteroatoms. The van der Waals surface area contributed by atoms with Gasteiger partial charge in [-0.15, -0.1) is 0 Å². The van der Waals surface area contributed by atoms with Gasteiger partial charge in [0.2, 0.25) is 5.91 Å². The van der Waals surface area contributed by atoms with Gasteiger partial charge in [0.05, 0.1) is 6.04 Å². The molecule has 0 saturated carbocycles. The average Bonchev–Trinajstić information content (AvgIpc) is 2.80. The summed E-state index contributed by atoms with van der Waals surface area (Å²) >= 11 is 0. The van der Waals surface area contributed by atoms with E-state index in [0.717, 1.165) is 30.2 Å². The summed E-state index contributed by atoms with van der Waals surface area (Å²) in [5.74, 6) is 1.31. The van der Waals surface area contributed by atoms with Gasteiger partial charge in [0.1, 0.15) is 5.82 Å². The van der Waals surface area contributed by atoms with E-state index in [4.69, 9.17) is 0 Å². The van der Waals surface area contributed by atoms with E-state index < -0.39 is 0 Å². The predicted molar refractivity (Wildman–Crippen MR) is 82.9 cm³/mol. The fraction of sp³-hybridized carbons (Fsp3) is 0.412. The molecule has 2 aromatic rings. The normalized spacial score (nSPS) is 15.3. The molecule has 0 spiro atoms. The van der Waals surface area contributed by atoms with E-state index in [-0.39, 0.29) is 11.8 Å². The van der Waals surface area contributed by atoms with Crippen LogP contribution in [0.15, 0.2) is 36.5 Å². The molecular formula is C17H21N3O. The third-order valence-corrected chi connectivity index (χ3v) is 4.05. The lowest BCUT2D eigenvalue weighted by Crippen LogP contribution is -2.52. The van der Waals surface area contributed by atoms with Crippen LogP contribution in [0, 0.1) is 12.8 Å². The van der Waals surface area contributed by atoms with Gasteiger partial charge in [0.25, 0.3) is 0 Å². The van der Waals surface area contributed by atoms with E-state index in [0.29, 0.717) is 6.04 Å². The summed E-state index contributed by atoms with van der Waals surface area (Å²) in [4.78, 5) is 18.5. The maximum absolute atomic E-state index is 12.0. The van der Waals surface area contributed by atoms with E-state index in [9.17, 15) is 4.79 Å². The Morgan fingerprint density at radius 3 is 2.52 bits per heavy atom. The second-order valence-electron chi connectivity index (χ2n) is 6.01. The van der Waals surface area contributed by atoms with E-state index in [1.807, 2.05) is 43.1 Å². The topological polar surface area (TPSA) is 38.1 Å². The maximum Gasteiger partial charge on any atom is 0.225 e. The number of rotatable bonds is 3. The van der Waals surface area contributed by atoms with Crippen molar-refractivity contribution >= 4 is 5.91 Å². The number of nitrogens with zero attached hydrogens (tertiary/aromatic N) is 3. The summed E-state index contributed by atoms with van der Waals surface area (Å²) in [6.07, 6.45) is 1.91. The number of carbonyl (C=O) groups excluding carboxylic acids is 1. The van der Waals surface area contributed by atoms with Crippen LogP contribution in [-0.4, -0.2) is 33.4 Å². The SMILES string of the molecule is Cc1cnc(-c2ccccc2)n1C1CN(C(=O)C(C)C)C1. The molecule has 0 bridgehead atoms. The van der Waals surface area contributed by atoms with E-state index in [1.165, 1.54) is 0 Å². The second kappa shape index (κ2) is 5.35. The summed E-state index contributed by atoms with van der Waals surface area (Å²) in [6, 6.07) is 10.6. The largest absolute Gasteiger partial charge is 0.338 e. The number of likely N-dealkylation sites (tertiary alicyclic amines) is 1. The van der Waals surface area contributed by atoms with Gasteiger partial charge in [-0.2, -0.15) is 0 Å². The first kappa shape index (κ1) is 13.9. The summed E-state index contributed by atoms with van der Waals surface area (Å²) in [6.45, 7) is 7.55. The lowest BCUT2D eigenvalue weighted by molar-refractivity contribution is -0.140. The Labute approximate surface area is 125 Å². The zero-order valence-corrected chi connectivity index (χ0v) is 12.8. The van der Waals surface area contributed by atoms with Crippen molar-refractivity contribution in [3.8, 4) is 11.4 Å². The number of amides is 1. The zero-order valence-electron chi connectivity index (χ0n) is 12.8. The summed E-state index contributed by atoms with van der Waals surface area (Å²) in [5.41, 5.74) is 2.27. The molecule has 1 aliphatic heterocycles. The Kier molecular flexibility index (Phi) is 3.53. The summed E-state index contributed by atoms with van der Waals surface area (Å²) < 4.78 is 2.26. The molecule has 1 saturated heterocycles. The van der Waals surface area contributed by atoms with Gasteiger partial charge >= 0.3 is 0 Å². The molecule has 0 radical (unpaired) electrons. The van der Waals surface area contributed by atoms with Crippen LogP contribution >= 0.6 is 0 Å². The van der Waals surface area contributed by atoms with Crippen molar-refractivity contribution in [3.63, 3.8) is 0 Å². The van der Waals surface area contributed by atoms with Crippen LogP contribution in [-0.2, 0) is 4.79 Å². The second-order valence-corrected chi connectivity index (χ2v) is 6.01. The summed E-state index contributed by atoms with van der Waals surface area (Å²) in [5, 5.41) is 0. The van der Waals surface area contributed by atoms with Crippen LogP contribution < -0.4 is 0 Å². The maximum atomic E-state index is 12.0. The van der Waals surface area contributed by atoms with Crippen molar-refractivity contribution in [1.29, 1.82) is 0 Å². The molecule has 1 aromatic carbocycles. The lowest BCUT2D eigenvalue weighted by atomic mass is 10.0. The molecular weight excluding hydrogens is 262 g/mol. The van der Waals surface area contributed by atoms with Crippen molar-refractivity contribution in [2.75, 3.05) is 13.1 Å². The number of imidazole rings is 1. The molecule has 0 N–H and O–H groups in total. The molecule has 1 aliphatic rings. The Hall–Kier alpha value is -2.10. The van der Waals surface area contributed by atoms with Crippen molar-refractivity contribution in [3.05, 3.63) is 42.2 Å². The van der Waals surface area contributed by atoms with Crippen LogP contribution in [0.25, 0.3) is 11.4 Å². The first-order valence-electron chi connectivity index (χ1n) is 7.46. The fourth-order valence-corrected chi connectivity index (χ4v) is 2.87. The highest BCUT2D eigenvalue weighted by atomic mass is 16.2. The standard InChI is InChI=1S/C17H21N3O/c1-12(2)17(21)19-10-15(11-19)20-13(3)9-18-16(20)14-7-5-4-6-8-14/h4-9,12,15H,10-11H2,1-3H3. The van der Waals surface area contributed by atoms with Gasteiger partial charge in [-0.3, -0.25) is 4.79 Å². The van der Waals surface area contributed by atoms with E-state index >= 15 is 0 Å². The van der Waals surface area contributed by atoms with Gasteiger partial charge in [-0.25, -0.2) is 4.98 Å². The Morgan fingerprint density at radius 2 is 1.90 bits per heavy atom. The number of carbonyl (C=O) groups is 1. The third kappa shape index (κ3) is 2.46. The molecule has 4 nitrogen and oxygen atoms in total. The Balaban J connectivity index is 1.82. The van der Waals surface area contributed by atoms with Crippen LogP contribution in [0.1, 0.15) is 25.6 Å². The quantitative estimate of drug-likeness (QED) is 0.868. The number of aromatic nitrogens is 2. The van der Waals surface area contributed by atoms with E-state index in [1.54, 1.807) is 0 Å². The van der Waals surface area contributed by atoms with Gasteiger partial charge < -0.3 is 9.47 Å². The van der Waals surface area contributed by atoms with Crippen LogP contribution in [0.4, 0.5) is 0 Å². The van der Waals surface area contributed by atoms with Crippen molar-refractivity contribution < 1.29 is 4.79 Å². The average molecular weight is 283 g/mol. The zero-order chi connectivity index (χ0) is 15.0. The van der Waals surface area contributed by atoms with Gasteiger partial charge in [0.15, 0.2) is 0 Å². The molecule has 0 aliphatic carbocycles. The first-order valence-corrected chi connectivity index (χ1v) is 7.46. The highest BCUT2D eigenvalue weighted by molar-refractivity contribution is 5.79. The smallest absolute Gasteiger partial charge is 0.225 e. The number of hydrogen-bond acceptors (Lipinski definition) is 2. The van der Waals surface area contributed by atoms with Gasteiger partial charge in [-0.1, -0.05) is 44.2 Å². The predicted octanol–water partition coefficient (Wildman–Crippen LogP) is 2.90. The minimum Gasteiger partial charge on any atom is -0.338 e. The van der Waals surface area contributed by atoms with Gasteiger partial charge in [0, 0.05) is 36.5 Å². The number of hydrogen-bond donors (Lipinski definition) is 0. The molecule has 110 valence electrons. The lowest BCUT2D eigenvalue weighted by Gasteiger charge is -2.42. The Bertz CT molecular complexity index is 639. The van der Waals surface area contributed by atoms with E-state index in [2.05, 4.69) is 28.6 Å². The van der Waals surface area contributed by atoms with Crippen LogP contribution in [0.3, 0.4) is 0 Å². The molecule has 0 unspecified atom stereocenters. The minimum absolute atomic E-state index is 0.0726. The highest BCUT2D eigenvalue weighted by Crippen LogP contribution is 2.30. The number of aryl methyl sites for hydroxylation is 1. The molecule has 0 atom stereocenters. The monoisotopic (exact) mass is 283 g/mol. The van der Waals surface area contributed by atoms with Crippen molar-refractivity contribution in [1.82, 2.24) is 14.5 Å². The molecule has 1 amide bonds. The van der Waals surface area contributed by atoms with Crippen LogP contribution in [0.5, 0.6) is 0 Å². The third-order valence-electron chi connectivity index (χ3n) is 4.05. The molecule has 1 fully saturated rings. The Morgan fingerprint density at radius 1 is 1.24 bits per heavy atom. The highest BCUT2D eigenvalue weighted by Gasteiger charge is 2.34. The van der Waals surface area contributed by atoms with Crippen molar-refractivity contribution in [2.24, 2.45) is 5.92 Å². The van der Waals surface area contributed by atoms with Gasteiger partial charge in [-0.05, 0) is 6.92 Å².